The second kappa shape index (κ2) is 10.1. The number of nitrogens with one attached hydrogen (secondary N) is 1. The van der Waals surface area contributed by atoms with E-state index in [0.29, 0.717) is 29.7 Å². The lowest BCUT2D eigenvalue weighted by Gasteiger charge is -2.28. The molecule has 10 heteroatoms. The van der Waals surface area contributed by atoms with Gasteiger partial charge in [-0.3, -0.25) is 9.62 Å². The van der Waals surface area contributed by atoms with Crippen molar-refractivity contribution in [2.75, 3.05) is 17.9 Å². The predicted octanol–water partition coefficient (Wildman–Crippen LogP) is 5.22. The van der Waals surface area contributed by atoms with Gasteiger partial charge < -0.3 is 9.26 Å². The third kappa shape index (κ3) is 5.76. The zero-order valence-electron chi connectivity index (χ0n) is 20.8. The summed E-state index contributed by atoms with van der Waals surface area (Å²) in [5, 5.41) is 4.71. The summed E-state index contributed by atoms with van der Waals surface area (Å²) in [7, 11) is -3.85. The smallest absolute Gasteiger partial charge is 0.273 e. The van der Waals surface area contributed by atoms with Gasteiger partial charge in [0.2, 0.25) is 0 Å². The SMILES string of the molecule is C/C=C/c1c(NS(=O)(=O)c2ccc3c(c2)CN(Cc2cnc(OCC)s2)CC3)noc1C(C)(C)C. The topological polar surface area (TPSA) is 97.6 Å². The van der Waals surface area contributed by atoms with Crippen molar-refractivity contribution in [3.63, 3.8) is 0 Å². The van der Waals surface area contributed by atoms with Crippen LogP contribution in [0, 0.1) is 0 Å². The molecule has 0 unspecified atom stereocenters. The Morgan fingerprint density at radius 2 is 2.09 bits per heavy atom. The summed E-state index contributed by atoms with van der Waals surface area (Å²) < 4.78 is 40.2. The number of anilines is 1. The number of hydrogen-bond donors (Lipinski definition) is 1. The average molecular weight is 517 g/mol. The van der Waals surface area contributed by atoms with E-state index in [2.05, 4.69) is 19.8 Å². The Bertz CT molecular complexity index is 1320. The molecule has 0 spiro atoms. The molecule has 35 heavy (non-hydrogen) atoms. The van der Waals surface area contributed by atoms with Crippen molar-refractivity contribution in [1.82, 2.24) is 15.0 Å². The Morgan fingerprint density at radius 1 is 1.29 bits per heavy atom. The normalized spacial score (nSPS) is 14.9. The Kier molecular flexibility index (Phi) is 7.35. The Labute approximate surface area is 211 Å². The van der Waals surface area contributed by atoms with Gasteiger partial charge >= 0.3 is 0 Å². The highest BCUT2D eigenvalue weighted by atomic mass is 32.2. The first-order valence-corrected chi connectivity index (χ1v) is 14.0. The van der Waals surface area contributed by atoms with Crippen LogP contribution in [0.15, 0.2) is 39.9 Å². The van der Waals surface area contributed by atoms with Gasteiger partial charge in [-0.2, -0.15) is 0 Å². The minimum atomic E-state index is -3.85. The Morgan fingerprint density at radius 3 is 2.80 bits per heavy atom. The molecule has 0 saturated heterocycles. The van der Waals surface area contributed by atoms with Gasteiger partial charge in [0, 0.05) is 36.1 Å². The summed E-state index contributed by atoms with van der Waals surface area (Å²) in [6.45, 7) is 12.7. The number of ether oxygens (including phenoxy) is 1. The summed E-state index contributed by atoms with van der Waals surface area (Å²) in [4.78, 5) is 7.94. The first-order chi connectivity index (χ1) is 16.6. The van der Waals surface area contributed by atoms with Crippen molar-refractivity contribution < 1.29 is 17.7 Å². The lowest BCUT2D eigenvalue weighted by molar-refractivity contribution is 0.247. The zero-order valence-corrected chi connectivity index (χ0v) is 22.4. The van der Waals surface area contributed by atoms with Crippen molar-refractivity contribution in [2.24, 2.45) is 0 Å². The number of sulfonamides is 1. The number of hydrogen-bond acceptors (Lipinski definition) is 8. The quantitative estimate of drug-likeness (QED) is 0.438. The second-order valence-electron chi connectivity index (χ2n) is 9.55. The molecule has 4 rings (SSSR count). The first kappa shape index (κ1) is 25.4. The van der Waals surface area contributed by atoms with E-state index in [4.69, 9.17) is 9.26 Å². The van der Waals surface area contributed by atoms with Crippen LogP contribution in [0.4, 0.5) is 5.82 Å². The van der Waals surface area contributed by atoms with Gasteiger partial charge in [0.25, 0.3) is 15.2 Å². The molecule has 0 amide bonds. The molecule has 3 heterocycles. The van der Waals surface area contributed by atoms with Gasteiger partial charge in [-0.15, -0.1) is 0 Å². The number of nitrogens with zero attached hydrogens (tertiary/aromatic N) is 3. The van der Waals surface area contributed by atoms with Crippen LogP contribution in [0.3, 0.4) is 0 Å². The fourth-order valence-electron chi connectivity index (χ4n) is 4.09. The van der Waals surface area contributed by atoms with E-state index < -0.39 is 10.0 Å². The molecule has 0 radical (unpaired) electrons. The summed E-state index contributed by atoms with van der Waals surface area (Å²) in [6.07, 6.45) is 6.37. The maximum absolute atomic E-state index is 13.3. The van der Waals surface area contributed by atoms with E-state index >= 15 is 0 Å². The average Bonchev–Trinajstić information content (AvgIpc) is 3.40. The second-order valence-corrected chi connectivity index (χ2v) is 12.3. The molecule has 0 bridgehead atoms. The van der Waals surface area contributed by atoms with Crippen LogP contribution in [-0.4, -0.2) is 36.6 Å². The van der Waals surface area contributed by atoms with E-state index in [0.717, 1.165) is 30.0 Å². The van der Waals surface area contributed by atoms with E-state index in [1.165, 1.54) is 5.56 Å². The lowest BCUT2D eigenvalue weighted by Crippen LogP contribution is -2.30. The molecule has 8 nitrogen and oxygen atoms in total. The summed E-state index contributed by atoms with van der Waals surface area (Å²) in [5.74, 6) is 0.826. The molecule has 0 fully saturated rings. The molecule has 1 aliphatic rings. The number of fused-ring (bicyclic) bond motifs is 1. The lowest BCUT2D eigenvalue weighted by atomic mass is 9.90. The Hall–Kier alpha value is -2.69. The molecule has 3 aromatic rings. The third-order valence-electron chi connectivity index (χ3n) is 5.73. The standard InChI is InChI=1S/C25H32N4O4S2/c1-6-8-21-22(25(3,4)5)33-27-23(21)28-35(30,31)20-10-9-17-11-12-29(15-18(17)13-20)16-19-14-26-24(34-19)32-7-2/h6,8-10,13-14H,7,11-12,15-16H2,1-5H3,(H,27,28)/b8-6+. The number of thiazole rings is 1. The van der Waals surface area contributed by atoms with E-state index in [1.54, 1.807) is 23.5 Å². The number of benzene rings is 1. The highest BCUT2D eigenvalue weighted by Crippen LogP contribution is 2.33. The highest BCUT2D eigenvalue weighted by molar-refractivity contribution is 7.92. The molecule has 1 aliphatic heterocycles. The molecule has 0 atom stereocenters. The van der Waals surface area contributed by atoms with Crippen molar-refractivity contribution in [2.45, 2.75) is 64.4 Å². The zero-order chi connectivity index (χ0) is 25.2. The Balaban J connectivity index is 1.54. The van der Waals surface area contributed by atoms with E-state index in [-0.39, 0.29) is 16.1 Å². The largest absolute Gasteiger partial charge is 0.470 e. The first-order valence-electron chi connectivity index (χ1n) is 11.7. The van der Waals surface area contributed by atoms with Crippen molar-refractivity contribution in [3.8, 4) is 5.19 Å². The summed E-state index contributed by atoms with van der Waals surface area (Å²) >= 11 is 1.55. The maximum atomic E-state index is 13.3. The van der Waals surface area contributed by atoms with E-state index in [1.807, 2.05) is 59.0 Å². The number of allylic oxidation sites excluding steroid dienone is 1. The van der Waals surface area contributed by atoms with Crippen LogP contribution in [0.2, 0.25) is 0 Å². The van der Waals surface area contributed by atoms with Crippen LogP contribution in [0.5, 0.6) is 5.19 Å². The summed E-state index contributed by atoms with van der Waals surface area (Å²) in [5.41, 5.74) is 2.51. The van der Waals surface area contributed by atoms with Gasteiger partial charge in [0.05, 0.1) is 17.1 Å². The third-order valence-corrected chi connectivity index (χ3v) is 7.96. The van der Waals surface area contributed by atoms with Gasteiger partial charge in [0.15, 0.2) is 11.6 Å². The molecular weight excluding hydrogens is 484 g/mol. The molecule has 2 aromatic heterocycles. The van der Waals surface area contributed by atoms with Crippen molar-refractivity contribution in [1.29, 1.82) is 0 Å². The molecular formula is C25H32N4O4S2. The molecule has 0 aliphatic carbocycles. The minimum absolute atomic E-state index is 0.197. The van der Waals surface area contributed by atoms with Crippen LogP contribution in [-0.2, 0) is 34.9 Å². The molecule has 1 aromatic carbocycles. The minimum Gasteiger partial charge on any atom is -0.470 e. The number of rotatable bonds is 8. The number of aromatic nitrogens is 2. The highest BCUT2D eigenvalue weighted by Gasteiger charge is 2.28. The maximum Gasteiger partial charge on any atom is 0.273 e. The van der Waals surface area contributed by atoms with Gasteiger partial charge in [-0.1, -0.05) is 55.5 Å². The van der Waals surface area contributed by atoms with Gasteiger partial charge in [-0.25, -0.2) is 13.4 Å². The molecule has 0 saturated carbocycles. The van der Waals surface area contributed by atoms with E-state index in [9.17, 15) is 8.42 Å². The molecule has 188 valence electrons. The summed E-state index contributed by atoms with van der Waals surface area (Å²) in [6, 6.07) is 5.34. The predicted molar refractivity (Wildman–Crippen MR) is 138 cm³/mol. The monoisotopic (exact) mass is 516 g/mol. The molecule has 1 N–H and O–H groups in total. The van der Waals surface area contributed by atoms with Crippen LogP contribution >= 0.6 is 11.3 Å². The van der Waals surface area contributed by atoms with Crippen LogP contribution in [0.25, 0.3) is 6.08 Å². The fraction of sp³-hybridized carbons (Fsp3) is 0.440. The van der Waals surface area contributed by atoms with Gasteiger partial charge in [0.1, 0.15) is 0 Å². The van der Waals surface area contributed by atoms with Gasteiger partial charge in [-0.05, 0) is 43.5 Å². The van der Waals surface area contributed by atoms with Crippen molar-refractivity contribution >= 4 is 33.3 Å². The van der Waals surface area contributed by atoms with Crippen LogP contribution in [0.1, 0.15) is 61.9 Å². The van der Waals surface area contributed by atoms with Crippen LogP contribution < -0.4 is 9.46 Å². The van der Waals surface area contributed by atoms with Crippen molar-refractivity contribution in [3.05, 3.63) is 57.8 Å². The fourth-order valence-corrected chi connectivity index (χ4v) is 6.01.